The fraction of sp³-hybridized carbons (Fsp3) is 0.261. The van der Waals surface area contributed by atoms with Crippen LogP contribution < -0.4 is 10.5 Å². The van der Waals surface area contributed by atoms with Gasteiger partial charge < -0.3 is 9.84 Å². The van der Waals surface area contributed by atoms with Gasteiger partial charge in [-0.3, -0.25) is 0 Å². The molecule has 2 heterocycles. The zero-order chi connectivity index (χ0) is 22.7. The van der Waals surface area contributed by atoms with Gasteiger partial charge in [0.15, 0.2) is 0 Å². The summed E-state index contributed by atoms with van der Waals surface area (Å²) in [6.07, 6.45) is 2.32. The first kappa shape index (κ1) is 21.9. The van der Waals surface area contributed by atoms with Crippen molar-refractivity contribution in [3.63, 3.8) is 0 Å². The third-order valence-corrected chi connectivity index (χ3v) is 6.11. The Labute approximate surface area is 186 Å². The highest BCUT2D eigenvalue weighted by atomic mass is 32.2. The van der Waals surface area contributed by atoms with Crippen LogP contribution >= 0.6 is 0 Å². The van der Waals surface area contributed by atoms with Gasteiger partial charge in [0.1, 0.15) is 5.82 Å². The van der Waals surface area contributed by atoms with Gasteiger partial charge in [0.25, 0.3) is 0 Å². The highest BCUT2D eigenvalue weighted by Crippen LogP contribution is 2.29. The minimum atomic E-state index is -3.69. The molecule has 2 aromatic heterocycles. The number of sulfonamides is 1. The number of primary sulfonamides is 1. The van der Waals surface area contributed by atoms with Crippen LogP contribution in [0.5, 0.6) is 0 Å². The molecule has 0 atom stereocenters. The fourth-order valence-electron chi connectivity index (χ4n) is 3.50. The van der Waals surface area contributed by atoms with E-state index in [1.165, 1.54) is 12.1 Å². The third-order valence-electron chi connectivity index (χ3n) is 5.18. The highest BCUT2D eigenvalue weighted by Gasteiger charge is 2.16. The van der Waals surface area contributed by atoms with Gasteiger partial charge >= 0.3 is 0 Å². The molecule has 0 aliphatic carbocycles. The minimum absolute atomic E-state index is 0.100. The van der Waals surface area contributed by atoms with Crippen LogP contribution in [0.15, 0.2) is 57.9 Å². The van der Waals surface area contributed by atoms with Gasteiger partial charge in [-0.15, -0.1) is 0 Å². The number of para-hydroxylation sites is 1. The first-order chi connectivity index (χ1) is 15.3. The molecule has 0 aliphatic rings. The Hall–Kier alpha value is -3.30. The number of hydrogen-bond acceptors (Lipinski definition) is 7. The van der Waals surface area contributed by atoms with Crippen molar-refractivity contribution in [3.05, 3.63) is 65.5 Å². The van der Waals surface area contributed by atoms with Crippen LogP contribution in [0, 0.1) is 6.92 Å². The Morgan fingerprint density at radius 1 is 1.06 bits per heavy atom. The van der Waals surface area contributed by atoms with Crippen LogP contribution in [0.3, 0.4) is 0 Å². The van der Waals surface area contributed by atoms with Crippen LogP contribution in [0.2, 0.25) is 0 Å². The number of pyridine rings is 1. The molecular weight excluding hydrogens is 426 g/mol. The van der Waals surface area contributed by atoms with E-state index in [4.69, 9.17) is 14.6 Å². The SMILES string of the molecule is CCCc1nc(-c2cc3cccc(C)c3nc2NCCc2ccc(S(N)(=O)=O)cc2)no1. The lowest BCUT2D eigenvalue weighted by atomic mass is 10.1. The number of nitrogens with zero attached hydrogens (tertiary/aromatic N) is 3. The molecule has 166 valence electrons. The maximum absolute atomic E-state index is 11.4. The van der Waals surface area contributed by atoms with Crippen molar-refractivity contribution in [2.45, 2.75) is 38.0 Å². The summed E-state index contributed by atoms with van der Waals surface area (Å²) in [4.78, 5) is 9.49. The maximum atomic E-state index is 11.4. The summed E-state index contributed by atoms with van der Waals surface area (Å²) < 4.78 is 28.2. The van der Waals surface area contributed by atoms with E-state index in [1.807, 2.05) is 31.2 Å². The van der Waals surface area contributed by atoms with Gasteiger partial charge in [-0.25, -0.2) is 18.5 Å². The molecule has 32 heavy (non-hydrogen) atoms. The number of nitrogens with two attached hydrogens (primary N) is 1. The van der Waals surface area contributed by atoms with Gasteiger partial charge in [-0.1, -0.05) is 42.4 Å². The van der Waals surface area contributed by atoms with Gasteiger partial charge in [-0.2, -0.15) is 4.98 Å². The number of benzene rings is 2. The lowest BCUT2D eigenvalue weighted by Gasteiger charge is -2.12. The number of hydrogen-bond donors (Lipinski definition) is 2. The number of fused-ring (bicyclic) bond motifs is 1. The minimum Gasteiger partial charge on any atom is -0.369 e. The fourth-order valence-corrected chi connectivity index (χ4v) is 4.02. The molecular formula is C23H25N5O3S. The second-order valence-electron chi connectivity index (χ2n) is 7.66. The molecule has 2 aromatic carbocycles. The quantitative estimate of drug-likeness (QED) is 0.417. The third kappa shape index (κ3) is 4.79. The predicted molar refractivity (Wildman–Crippen MR) is 124 cm³/mol. The molecule has 0 fully saturated rings. The molecule has 0 bridgehead atoms. The second kappa shape index (κ2) is 9.05. The molecule has 3 N–H and O–H groups in total. The molecule has 0 saturated carbocycles. The number of anilines is 1. The van der Waals surface area contributed by atoms with E-state index in [2.05, 4.69) is 22.4 Å². The predicted octanol–water partition coefficient (Wildman–Crippen LogP) is 3.85. The number of aromatic nitrogens is 3. The van der Waals surface area contributed by atoms with Gasteiger partial charge in [0, 0.05) is 18.4 Å². The molecule has 0 radical (unpaired) electrons. The standard InChI is InChI=1S/C23H25N5O3S/c1-3-5-20-26-23(28-31-20)19-14-17-7-4-6-15(2)21(17)27-22(19)25-13-12-16-8-10-18(11-9-16)32(24,29)30/h4,6-11,14H,3,5,12-13H2,1-2H3,(H,25,27)(H2,24,29,30). The summed E-state index contributed by atoms with van der Waals surface area (Å²) in [5, 5.41) is 13.7. The lowest BCUT2D eigenvalue weighted by Crippen LogP contribution is -2.12. The van der Waals surface area contributed by atoms with E-state index in [-0.39, 0.29) is 4.90 Å². The van der Waals surface area contributed by atoms with Gasteiger partial charge in [0.05, 0.1) is 16.0 Å². The van der Waals surface area contributed by atoms with Crippen molar-refractivity contribution in [2.24, 2.45) is 5.14 Å². The normalized spacial score (nSPS) is 11.7. The summed E-state index contributed by atoms with van der Waals surface area (Å²) in [5.74, 6) is 1.79. The van der Waals surface area contributed by atoms with Crippen molar-refractivity contribution >= 4 is 26.7 Å². The Kier molecular flexibility index (Phi) is 6.20. The van der Waals surface area contributed by atoms with Gasteiger partial charge in [-0.05, 0) is 49.1 Å². The van der Waals surface area contributed by atoms with E-state index in [9.17, 15) is 8.42 Å². The Morgan fingerprint density at radius 2 is 1.84 bits per heavy atom. The average Bonchev–Trinajstić information content (AvgIpc) is 3.22. The topological polar surface area (TPSA) is 124 Å². The van der Waals surface area contributed by atoms with E-state index >= 15 is 0 Å². The molecule has 0 spiro atoms. The monoisotopic (exact) mass is 451 g/mol. The van der Waals surface area contributed by atoms with Crippen molar-refractivity contribution < 1.29 is 12.9 Å². The molecule has 4 aromatic rings. The first-order valence-electron chi connectivity index (χ1n) is 10.4. The Balaban J connectivity index is 1.60. The Morgan fingerprint density at radius 3 is 2.56 bits per heavy atom. The van der Waals surface area contributed by atoms with E-state index in [1.54, 1.807) is 12.1 Å². The van der Waals surface area contributed by atoms with Crippen LogP contribution in [0.4, 0.5) is 5.82 Å². The molecule has 0 amide bonds. The average molecular weight is 452 g/mol. The molecule has 4 rings (SSSR count). The highest BCUT2D eigenvalue weighted by molar-refractivity contribution is 7.89. The van der Waals surface area contributed by atoms with E-state index < -0.39 is 10.0 Å². The maximum Gasteiger partial charge on any atom is 0.238 e. The van der Waals surface area contributed by atoms with Crippen molar-refractivity contribution in [3.8, 4) is 11.4 Å². The summed E-state index contributed by atoms with van der Waals surface area (Å²) in [5.41, 5.74) is 3.75. The molecule has 0 saturated heterocycles. The second-order valence-corrected chi connectivity index (χ2v) is 9.22. The van der Waals surface area contributed by atoms with Crippen LogP contribution in [-0.2, 0) is 22.9 Å². The van der Waals surface area contributed by atoms with E-state index in [0.717, 1.165) is 40.4 Å². The number of nitrogens with one attached hydrogen (secondary N) is 1. The van der Waals surface area contributed by atoms with Crippen LogP contribution in [0.1, 0.15) is 30.4 Å². The zero-order valence-electron chi connectivity index (χ0n) is 18.0. The molecule has 8 nitrogen and oxygen atoms in total. The summed E-state index contributed by atoms with van der Waals surface area (Å²) in [7, 11) is -3.69. The largest absolute Gasteiger partial charge is 0.369 e. The summed E-state index contributed by atoms with van der Waals surface area (Å²) in [6, 6.07) is 14.6. The Bertz CT molecular complexity index is 1350. The van der Waals surface area contributed by atoms with Crippen LogP contribution in [-0.4, -0.2) is 30.1 Å². The smallest absolute Gasteiger partial charge is 0.238 e. The van der Waals surface area contributed by atoms with E-state index in [0.29, 0.717) is 30.5 Å². The number of aryl methyl sites for hydroxylation is 2. The molecule has 0 unspecified atom stereocenters. The molecule has 9 heteroatoms. The lowest BCUT2D eigenvalue weighted by molar-refractivity contribution is 0.378. The van der Waals surface area contributed by atoms with Gasteiger partial charge in [0.2, 0.25) is 21.7 Å². The number of rotatable bonds is 8. The van der Waals surface area contributed by atoms with Crippen LogP contribution in [0.25, 0.3) is 22.3 Å². The van der Waals surface area contributed by atoms with Crippen molar-refractivity contribution in [1.82, 2.24) is 15.1 Å². The first-order valence-corrected chi connectivity index (χ1v) is 12.0. The molecule has 0 aliphatic heterocycles. The zero-order valence-corrected chi connectivity index (χ0v) is 18.8. The van der Waals surface area contributed by atoms with Crippen molar-refractivity contribution in [2.75, 3.05) is 11.9 Å². The summed E-state index contributed by atoms with van der Waals surface area (Å²) >= 11 is 0. The summed E-state index contributed by atoms with van der Waals surface area (Å²) in [6.45, 7) is 4.68. The van der Waals surface area contributed by atoms with Crippen molar-refractivity contribution in [1.29, 1.82) is 0 Å².